The van der Waals surface area contributed by atoms with Gasteiger partial charge in [0.05, 0.1) is 11.0 Å². The topological polar surface area (TPSA) is 68.8 Å². The molecule has 0 atom stereocenters. The van der Waals surface area contributed by atoms with E-state index in [1.54, 1.807) is 0 Å². The summed E-state index contributed by atoms with van der Waals surface area (Å²) >= 11 is 0. The number of imidazole rings is 1. The van der Waals surface area contributed by atoms with Gasteiger partial charge < -0.3 is 15.6 Å². The van der Waals surface area contributed by atoms with Crippen LogP contribution in [0.5, 0.6) is 0 Å². The molecule has 0 aliphatic carbocycles. The molecular formula is C37H55N5. The van der Waals surface area contributed by atoms with Crippen LogP contribution in [-0.4, -0.2) is 21.1 Å². The predicted octanol–water partition coefficient (Wildman–Crippen LogP) is 9.74. The SMILES string of the molecule is CCCCCCCCCCCCCCCNCc1ccc(Cn2c(CCCC)nc3c(N)nc4ccccc4c32)cc1. The number of pyridine rings is 1. The van der Waals surface area contributed by atoms with Gasteiger partial charge in [-0.25, -0.2) is 9.97 Å². The van der Waals surface area contributed by atoms with Gasteiger partial charge in [0.1, 0.15) is 11.3 Å². The zero-order valence-corrected chi connectivity index (χ0v) is 26.5. The number of aromatic nitrogens is 3. The smallest absolute Gasteiger partial charge is 0.152 e. The first-order valence-electron chi connectivity index (χ1n) is 17.0. The van der Waals surface area contributed by atoms with Crippen molar-refractivity contribution in [2.24, 2.45) is 0 Å². The number of nitrogens with one attached hydrogen (secondary N) is 1. The van der Waals surface area contributed by atoms with Gasteiger partial charge in [-0.2, -0.15) is 0 Å². The first-order valence-corrected chi connectivity index (χ1v) is 17.0. The molecule has 42 heavy (non-hydrogen) atoms. The Bertz CT molecular complexity index is 1320. The lowest BCUT2D eigenvalue weighted by atomic mass is 10.0. The van der Waals surface area contributed by atoms with Crippen LogP contribution in [0.15, 0.2) is 48.5 Å². The molecule has 228 valence electrons. The maximum absolute atomic E-state index is 6.38. The fourth-order valence-electron chi connectivity index (χ4n) is 6.05. The van der Waals surface area contributed by atoms with E-state index in [-0.39, 0.29) is 0 Å². The summed E-state index contributed by atoms with van der Waals surface area (Å²) in [7, 11) is 0. The highest BCUT2D eigenvalue weighted by Gasteiger charge is 2.17. The fraction of sp³-hybridized carbons (Fsp3) is 0.568. The molecule has 0 bridgehead atoms. The van der Waals surface area contributed by atoms with Crippen molar-refractivity contribution in [3.63, 3.8) is 0 Å². The number of unbranched alkanes of at least 4 members (excludes halogenated alkanes) is 13. The van der Waals surface area contributed by atoms with Gasteiger partial charge in [-0.15, -0.1) is 0 Å². The van der Waals surface area contributed by atoms with Crippen molar-refractivity contribution < 1.29 is 0 Å². The average molecular weight is 570 g/mol. The van der Waals surface area contributed by atoms with Crippen LogP contribution >= 0.6 is 0 Å². The third-order valence-electron chi connectivity index (χ3n) is 8.59. The standard InChI is InChI=1S/C37H55N5/c1-3-5-7-8-9-10-11-12-13-14-15-16-19-27-39-28-30-23-25-31(26-24-30)29-42-34(22-6-4-2)41-35-36(42)32-20-17-18-21-33(32)40-37(35)38/h17-18,20-21,23-26,39H,3-16,19,22,27-29H2,1-2H3,(H2,38,40). The lowest BCUT2D eigenvalue weighted by Gasteiger charge is -2.12. The molecular weight excluding hydrogens is 514 g/mol. The van der Waals surface area contributed by atoms with E-state index in [1.807, 2.05) is 12.1 Å². The van der Waals surface area contributed by atoms with Gasteiger partial charge in [-0.1, -0.05) is 140 Å². The number of hydrogen-bond acceptors (Lipinski definition) is 4. The van der Waals surface area contributed by atoms with E-state index in [0.717, 1.165) is 66.7 Å². The molecule has 4 aromatic rings. The van der Waals surface area contributed by atoms with Gasteiger partial charge in [0.2, 0.25) is 0 Å². The number of nitrogens with two attached hydrogens (primary N) is 1. The van der Waals surface area contributed by atoms with Crippen molar-refractivity contribution in [3.05, 3.63) is 65.5 Å². The summed E-state index contributed by atoms with van der Waals surface area (Å²) < 4.78 is 2.37. The van der Waals surface area contributed by atoms with Gasteiger partial charge >= 0.3 is 0 Å². The first-order chi connectivity index (χ1) is 20.7. The quantitative estimate of drug-likeness (QED) is 0.0980. The Hall–Kier alpha value is -2.92. The monoisotopic (exact) mass is 569 g/mol. The normalized spacial score (nSPS) is 11.7. The minimum absolute atomic E-state index is 0.519. The Morgan fingerprint density at radius 2 is 1.26 bits per heavy atom. The lowest BCUT2D eigenvalue weighted by molar-refractivity contribution is 0.532. The molecule has 0 aliphatic rings. The second-order valence-corrected chi connectivity index (χ2v) is 12.2. The van der Waals surface area contributed by atoms with Gasteiger partial charge in [-0.05, 0) is 36.6 Å². The van der Waals surface area contributed by atoms with E-state index in [9.17, 15) is 0 Å². The fourth-order valence-corrected chi connectivity index (χ4v) is 6.05. The zero-order chi connectivity index (χ0) is 29.4. The second kappa shape index (κ2) is 17.9. The molecule has 0 radical (unpaired) electrons. The third kappa shape index (κ3) is 9.55. The van der Waals surface area contributed by atoms with Gasteiger partial charge in [0.25, 0.3) is 0 Å². The van der Waals surface area contributed by atoms with Gasteiger partial charge in [0, 0.05) is 24.9 Å². The maximum atomic E-state index is 6.38. The number of fused-ring (bicyclic) bond motifs is 3. The second-order valence-electron chi connectivity index (χ2n) is 12.2. The van der Waals surface area contributed by atoms with E-state index >= 15 is 0 Å². The highest BCUT2D eigenvalue weighted by Crippen LogP contribution is 2.30. The number of anilines is 1. The number of benzene rings is 2. The highest BCUT2D eigenvalue weighted by molar-refractivity contribution is 6.06. The third-order valence-corrected chi connectivity index (χ3v) is 8.59. The molecule has 5 nitrogen and oxygen atoms in total. The number of aryl methyl sites for hydroxylation is 1. The summed E-state index contributed by atoms with van der Waals surface area (Å²) in [5.74, 6) is 1.62. The van der Waals surface area contributed by atoms with E-state index < -0.39 is 0 Å². The molecule has 0 spiro atoms. The van der Waals surface area contributed by atoms with Crippen molar-refractivity contribution in [1.82, 2.24) is 19.9 Å². The molecule has 0 amide bonds. The van der Waals surface area contributed by atoms with E-state index in [4.69, 9.17) is 10.7 Å². The zero-order valence-electron chi connectivity index (χ0n) is 26.5. The number of hydrogen-bond donors (Lipinski definition) is 2. The number of nitrogen functional groups attached to an aromatic ring is 1. The largest absolute Gasteiger partial charge is 0.382 e. The van der Waals surface area contributed by atoms with Crippen LogP contribution in [0, 0.1) is 0 Å². The molecule has 2 heterocycles. The minimum atomic E-state index is 0.519. The molecule has 0 unspecified atom stereocenters. The molecule has 0 aliphatic heterocycles. The Morgan fingerprint density at radius 3 is 1.93 bits per heavy atom. The average Bonchev–Trinajstić information content (AvgIpc) is 3.37. The molecule has 2 aromatic heterocycles. The number of nitrogens with zero attached hydrogens (tertiary/aromatic N) is 3. The highest BCUT2D eigenvalue weighted by atomic mass is 15.1. The van der Waals surface area contributed by atoms with Crippen LogP contribution in [0.25, 0.3) is 21.9 Å². The van der Waals surface area contributed by atoms with E-state index in [1.165, 1.54) is 94.6 Å². The van der Waals surface area contributed by atoms with Crippen molar-refractivity contribution in [2.75, 3.05) is 12.3 Å². The molecule has 5 heteroatoms. The predicted molar refractivity (Wildman–Crippen MR) is 181 cm³/mol. The van der Waals surface area contributed by atoms with Gasteiger partial charge in [0.15, 0.2) is 5.82 Å². The number of rotatable bonds is 21. The van der Waals surface area contributed by atoms with Crippen LogP contribution in [0.1, 0.15) is 127 Å². The summed E-state index contributed by atoms with van der Waals surface area (Å²) in [5, 5.41) is 4.77. The Morgan fingerprint density at radius 1 is 0.667 bits per heavy atom. The van der Waals surface area contributed by atoms with E-state index in [2.05, 4.69) is 65.1 Å². The van der Waals surface area contributed by atoms with Crippen molar-refractivity contribution in [2.45, 2.75) is 130 Å². The van der Waals surface area contributed by atoms with Crippen molar-refractivity contribution >= 4 is 27.8 Å². The van der Waals surface area contributed by atoms with Crippen LogP contribution in [0.3, 0.4) is 0 Å². The van der Waals surface area contributed by atoms with Crippen LogP contribution in [0.2, 0.25) is 0 Å². The van der Waals surface area contributed by atoms with Crippen molar-refractivity contribution in [1.29, 1.82) is 0 Å². The van der Waals surface area contributed by atoms with Crippen molar-refractivity contribution in [3.8, 4) is 0 Å². The Balaban J connectivity index is 1.20. The number of para-hydroxylation sites is 1. The molecule has 4 rings (SSSR count). The summed E-state index contributed by atoms with van der Waals surface area (Å²) in [6, 6.07) is 17.3. The van der Waals surface area contributed by atoms with E-state index in [0.29, 0.717) is 5.82 Å². The molecule has 3 N–H and O–H groups in total. The lowest BCUT2D eigenvalue weighted by Crippen LogP contribution is -2.14. The van der Waals surface area contributed by atoms with Crippen LogP contribution in [-0.2, 0) is 19.5 Å². The van der Waals surface area contributed by atoms with Crippen LogP contribution in [0.4, 0.5) is 5.82 Å². The minimum Gasteiger partial charge on any atom is -0.382 e. The maximum Gasteiger partial charge on any atom is 0.152 e. The molecule has 0 saturated carbocycles. The summed E-state index contributed by atoms with van der Waals surface area (Å²) in [5.41, 5.74) is 11.9. The summed E-state index contributed by atoms with van der Waals surface area (Å²) in [6.45, 7) is 7.34. The molecule has 0 fully saturated rings. The van der Waals surface area contributed by atoms with Gasteiger partial charge in [-0.3, -0.25) is 0 Å². The first kappa shape index (κ1) is 32.0. The Labute approximate surface area is 254 Å². The molecule has 2 aromatic carbocycles. The summed E-state index contributed by atoms with van der Waals surface area (Å²) in [4.78, 5) is 9.61. The van der Waals surface area contributed by atoms with Crippen LogP contribution < -0.4 is 11.1 Å². The Kier molecular flexibility index (Phi) is 13.6. The molecule has 0 saturated heterocycles. The summed E-state index contributed by atoms with van der Waals surface area (Å²) in [6.07, 6.45) is 21.4.